The van der Waals surface area contributed by atoms with Crippen molar-refractivity contribution < 1.29 is 9.59 Å². The lowest BCUT2D eigenvalue weighted by Crippen LogP contribution is -2.41. The SMILES string of the molecule is Cl.NC(=O)c1c(CC(=O)Cc2ccc(Cl)cc2)sc2c1C1CC[C@H](C2)N1CC1CCCCC1. The number of amides is 1. The van der Waals surface area contributed by atoms with Crippen molar-refractivity contribution in [2.45, 2.75) is 76.3 Å². The molecule has 1 amide bonds. The summed E-state index contributed by atoms with van der Waals surface area (Å²) in [6, 6.07) is 8.25. The van der Waals surface area contributed by atoms with Crippen molar-refractivity contribution in [1.29, 1.82) is 0 Å². The summed E-state index contributed by atoms with van der Waals surface area (Å²) in [5.74, 6) is 0.516. The summed E-state index contributed by atoms with van der Waals surface area (Å²) < 4.78 is 0. The van der Waals surface area contributed by atoms with Crippen LogP contribution in [0.1, 0.15) is 82.2 Å². The van der Waals surface area contributed by atoms with E-state index in [1.54, 1.807) is 23.5 Å². The average Bonchev–Trinajstić information content (AvgIpc) is 3.26. The van der Waals surface area contributed by atoms with Gasteiger partial charge in [-0.1, -0.05) is 43.0 Å². The number of nitrogens with zero attached hydrogens (tertiary/aromatic N) is 1. The van der Waals surface area contributed by atoms with Crippen LogP contribution in [0.2, 0.25) is 5.02 Å². The minimum Gasteiger partial charge on any atom is -0.366 e. The topological polar surface area (TPSA) is 63.4 Å². The number of hydrogen-bond acceptors (Lipinski definition) is 4. The van der Waals surface area contributed by atoms with Crippen molar-refractivity contribution in [2.24, 2.45) is 11.7 Å². The van der Waals surface area contributed by atoms with Gasteiger partial charge in [0.15, 0.2) is 0 Å². The first-order valence-electron chi connectivity index (χ1n) is 12.0. The first-order chi connectivity index (χ1) is 15.5. The van der Waals surface area contributed by atoms with Crippen molar-refractivity contribution in [3.8, 4) is 0 Å². The predicted octanol–water partition coefficient (Wildman–Crippen LogP) is 5.92. The zero-order valence-electron chi connectivity index (χ0n) is 18.9. The maximum absolute atomic E-state index is 12.9. The van der Waals surface area contributed by atoms with Crippen molar-refractivity contribution in [1.82, 2.24) is 4.90 Å². The highest BCUT2D eigenvalue weighted by Crippen LogP contribution is 2.49. The van der Waals surface area contributed by atoms with Crippen LogP contribution in [0.5, 0.6) is 0 Å². The third-order valence-corrected chi connectivity index (χ3v) is 9.08. The molecule has 7 heteroatoms. The lowest BCUT2D eigenvalue weighted by Gasteiger charge is -2.38. The normalized spacial score (nSPS) is 22.6. The number of nitrogens with two attached hydrogens (primary N) is 1. The van der Waals surface area contributed by atoms with E-state index in [0.717, 1.165) is 41.3 Å². The molecule has 2 atom stereocenters. The molecule has 1 saturated heterocycles. The van der Waals surface area contributed by atoms with E-state index >= 15 is 0 Å². The summed E-state index contributed by atoms with van der Waals surface area (Å²) in [5, 5.41) is 0.663. The molecule has 2 aromatic rings. The highest BCUT2D eigenvalue weighted by Gasteiger charge is 2.44. The fourth-order valence-corrected chi connectivity index (χ4v) is 7.73. The number of fused-ring (bicyclic) bond motifs is 4. The zero-order chi connectivity index (χ0) is 22.2. The largest absolute Gasteiger partial charge is 0.366 e. The van der Waals surface area contributed by atoms with Gasteiger partial charge < -0.3 is 5.73 Å². The minimum atomic E-state index is -0.375. The summed E-state index contributed by atoms with van der Waals surface area (Å²) in [4.78, 5) is 30.3. The summed E-state index contributed by atoms with van der Waals surface area (Å²) in [6.07, 6.45) is 10.6. The summed E-state index contributed by atoms with van der Waals surface area (Å²) >= 11 is 7.61. The van der Waals surface area contributed by atoms with Gasteiger partial charge in [0.1, 0.15) is 5.78 Å². The Labute approximate surface area is 211 Å². The Morgan fingerprint density at radius 3 is 2.45 bits per heavy atom. The zero-order valence-corrected chi connectivity index (χ0v) is 21.2. The molecule has 33 heavy (non-hydrogen) atoms. The molecule has 4 nitrogen and oxygen atoms in total. The molecule has 1 aliphatic carbocycles. The van der Waals surface area contributed by atoms with Crippen LogP contribution in [0.25, 0.3) is 0 Å². The molecule has 2 fully saturated rings. The molecule has 0 radical (unpaired) electrons. The van der Waals surface area contributed by atoms with Gasteiger partial charge in [-0.25, -0.2) is 0 Å². The Morgan fingerprint density at radius 1 is 1.03 bits per heavy atom. The highest BCUT2D eigenvalue weighted by atomic mass is 35.5. The fraction of sp³-hybridized carbons (Fsp3) is 0.538. The molecule has 178 valence electrons. The molecule has 0 spiro atoms. The molecule has 1 saturated carbocycles. The number of halogens is 2. The number of carbonyl (C=O) groups is 2. The Balaban J connectivity index is 0.00000259. The van der Waals surface area contributed by atoms with Gasteiger partial charge in [-0.15, -0.1) is 23.7 Å². The van der Waals surface area contributed by atoms with Gasteiger partial charge in [0.05, 0.1) is 5.56 Å². The van der Waals surface area contributed by atoms with Crippen molar-refractivity contribution in [2.75, 3.05) is 6.54 Å². The number of rotatable bonds is 7. The van der Waals surface area contributed by atoms with Crippen LogP contribution in [0, 0.1) is 5.92 Å². The number of thiophene rings is 1. The maximum atomic E-state index is 12.9. The molecule has 3 aliphatic rings. The van der Waals surface area contributed by atoms with Crippen molar-refractivity contribution in [3.05, 3.63) is 55.7 Å². The maximum Gasteiger partial charge on any atom is 0.250 e. The number of ketones is 1. The molecule has 2 aliphatic heterocycles. The number of primary amides is 1. The Kier molecular flexibility index (Phi) is 7.84. The lowest BCUT2D eigenvalue weighted by molar-refractivity contribution is -0.117. The standard InChI is InChI=1S/C26H31ClN2O2S.ClH/c27-18-8-6-16(7-9-18)12-20(30)14-23-25(26(28)31)24-21-11-10-19(13-22(24)32-23)29(21)15-17-4-2-1-3-5-17;/h6-9,17,19,21H,1-5,10-15H2,(H2,28,31);1H/t19-,21?;/m1./s1. The summed E-state index contributed by atoms with van der Waals surface area (Å²) in [6.45, 7) is 1.15. The van der Waals surface area contributed by atoms with E-state index in [-0.39, 0.29) is 30.5 Å². The van der Waals surface area contributed by atoms with Crippen LogP contribution in [0.15, 0.2) is 24.3 Å². The molecule has 2 N–H and O–H groups in total. The molecular weight excluding hydrogens is 475 g/mol. The Hall–Kier alpha value is -1.40. The van der Waals surface area contributed by atoms with Gasteiger partial charge in [0.25, 0.3) is 0 Å². The van der Waals surface area contributed by atoms with Gasteiger partial charge in [-0.3, -0.25) is 14.5 Å². The van der Waals surface area contributed by atoms with Gasteiger partial charge in [0.2, 0.25) is 5.91 Å². The highest BCUT2D eigenvalue weighted by molar-refractivity contribution is 7.12. The Bertz CT molecular complexity index is 1010. The van der Waals surface area contributed by atoms with Crippen molar-refractivity contribution in [3.63, 3.8) is 0 Å². The van der Waals surface area contributed by atoms with E-state index < -0.39 is 0 Å². The second-order valence-corrected chi connectivity index (χ2v) is 11.4. The minimum absolute atomic E-state index is 0. The predicted molar refractivity (Wildman–Crippen MR) is 137 cm³/mol. The van der Waals surface area contributed by atoms with Gasteiger partial charge in [-0.2, -0.15) is 0 Å². The van der Waals surface area contributed by atoms with E-state index in [1.165, 1.54) is 43.4 Å². The first kappa shape index (κ1) is 24.7. The van der Waals surface area contributed by atoms with Crippen LogP contribution in [-0.2, 0) is 24.1 Å². The second kappa shape index (κ2) is 10.5. The van der Waals surface area contributed by atoms with Gasteiger partial charge in [0, 0.05) is 46.2 Å². The van der Waals surface area contributed by atoms with Gasteiger partial charge >= 0.3 is 0 Å². The van der Waals surface area contributed by atoms with Crippen LogP contribution < -0.4 is 5.73 Å². The molecule has 2 bridgehead atoms. The van der Waals surface area contributed by atoms with E-state index in [0.29, 0.717) is 29.1 Å². The lowest BCUT2D eigenvalue weighted by atomic mass is 9.87. The second-order valence-electron chi connectivity index (χ2n) is 9.77. The number of benzene rings is 1. The third-order valence-electron chi connectivity index (χ3n) is 7.60. The van der Waals surface area contributed by atoms with Crippen LogP contribution >= 0.6 is 35.3 Å². The molecule has 3 heterocycles. The third kappa shape index (κ3) is 5.17. The molecule has 1 aromatic heterocycles. The number of carbonyl (C=O) groups excluding carboxylic acids is 2. The van der Waals surface area contributed by atoms with Crippen LogP contribution in [0.4, 0.5) is 0 Å². The number of hydrogen-bond donors (Lipinski definition) is 1. The van der Waals surface area contributed by atoms with Crippen molar-refractivity contribution >= 4 is 47.0 Å². The smallest absolute Gasteiger partial charge is 0.250 e. The Morgan fingerprint density at radius 2 is 1.76 bits per heavy atom. The van der Waals surface area contributed by atoms with E-state index in [2.05, 4.69) is 4.90 Å². The molecule has 1 unspecified atom stereocenters. The van der Waals surface area contributed by atoms with Crippen LogP contribution in [-0.4, -0.2) is 29.2 Å². The molecule has 5 rings (SSSR count). The van der Waals surface area contributed by atoms with Gasteiger partial charge in [-0.05, 0) is 61.3 Å². The quantitative estimate of drug-likeness (QED) is 0.506. The van der Waals surface area contributed by atoms with E-state index in [4.69, 9.17) is 17.3 Å². The van der Waals surface area contributed by atoms with Crippen LogP contribution in [0.3, 0.4) is 0 Å². The average molecular weight is 508 g/mol. The molecular formula is C26H32Cl2N2O2S. The monoisotopic (exact) mass is 506 g/mol. The fourth-order valence-electron chi connectivity index (χ4n) is 6.14. The van der Waals surface area contributed by atoms with E-state index in [1.807, 2.05) is 12.1 Å². The summed E-state index contributed by atoms with van der Waals surface area (Å²) in [7, 11) is 0. The first-order valence-corrected chi connectivity index (χ1v) is 13.1. The van der Waals surface area contributed by atoms with E-state index in [9.17, 15) is 9.59 Å². The number of Topliss-reactive ketones (excluding diaryl/α,β-unsaturated/α-hetero) is 1. The summed E-state index contributed by atoms with van der Waals surface area (Å²) in [5.41, 5.74) is 8.66. The molecule has 1 aromatic carbocycles.